The maximum atomic E-state index is 10.6. The molecule has 3 aliphatic heterocycles. The average molecular weight is 532 g/mol. The normalized spacial score (nSPS) is 23.2. The van der Waals surface area contributed by atoms with Gasteiger partial charge in [0.1, 0.15) is 0 Å². The van der Waals surface area contributed by atoms with Crippen molar-refractivity contribution in [2.75, 3.05) is 47.2 Å². The molecule has 0 bridgehead atoms. The maximum Gasteiger partial charge on any atom is 0.490 e. The first-order chi connectivity index (χ1) is 16.6. The van der Waals surface area contributed by atoms with E-state index in [1.165, 1.54) is 5.56 Å². The molecule has 3 atom stereocenters. The van der Waals surface area contributed by atoms with Crippen molar-refractivity contribution >= 4 is 11.9 Å². The summed E-state index contributed by atoms with van der Waals surface area (Å²) in [4.78, 5) is 22.7. The lowest BCUT2D eigenvalue weighted by Crippen LogP contribution is -2.47. The minimum Gasteiger partial charge on any atom is -0.475 e. The van der Waals surface area contributed by atoms with Crippen LogP contribution in [0.15, 0.2) is 18.2 Å². The molecule has 4 rings (SSSR count). The summed E-state index contributed by atoms with van der Waals surface area (Å²) in [5.74, 6) is -2.39. The molecule has 3 heterocycles. The van der Waals surface area contributed by atoms with Crippen LogP contribution in [0.3, 0.4) is 0 Å². The second kappa shape index (κ2) is 12.0. The summed E-state index contributed by atoms with van der Waals surface area (Å²) in [6.45, 7) is 5.38. The highest BCUT2D eigenvalue weighted by Crippen LogP contribution is 2.35. The zero-order chi connectivity index (χ0) is 27.3. The number of benzene rings is 1. The van der Waals surface area contributed by atoms with Crippen molar-refractivity contribution in [3.05, 3.63) is 23.8 Å². The van der Waals surface area contributed by atoms with E-state index in [1.54, 1.807) is 0 Å². The van der Waals surface area contributed by atoms with Gasteiger partial charge in [-0.15, -0.1) is 0 Å². The summed E-state index contributed by atoms with van der Waals surface area (Å²) in [7, 11) is 4.33. The number of hydrogen-bond acceptors (Lipinski definition) is 7. The van der Waals surface area contributed by atoms with Crippen LogP contribution < -0.4 is 9.47 Å². The second-order valence-electron chi connectivity index (χ2n) is 8.48. The summed E-state index contributed by atoms with van der Waals surface area (Å²) >= 11 is 0. The SMILES string of the molecule is CN(C)[C@@H]1COC[C@@H]2CN(Cc3ccc4c(c3)OCO4)C[C@@H]21.O=C(O)C(F)(F)F.O=C(O)C(F)(F)F. The minimum absolute atomic E-state index is 0.342. The first-order valence-corrected chi connectivity index (χ1v) is 10.5. The van der Waals surface area contributed by atoms with Gasteiger partial charge in [0.15, 0.2) is 11.5 Å². The zero-order valence-electron chi connectivity index (χ0n) is 19.3. The molecule has 0 spiro atoms. The molecule has 0 unspecified atom stereocenters. The molecular weight excluding hydrogens is 506 g/mol. The van der Waals surface area contributed by atoms with Gasteiger partial charge < -0.3 is 29.3 Å². The predicted molar refractivity (Wildman–Crippen MR) is 110 cm³/mol. The number of rotatable bonds is 3. The molecule has 36 heavy (non-hydrogen) atoms. The van der Waals surface area contributed by atoms with Gasteiger partial charge in [-0.25, -0.2) is 9.59 Å². The Labute approximate surface area is 202 Å². The summed E-state index contributed by atoms with van der Waals surface area (Å²) in [5.41, 5.74) is 1.30. The molecule has 204 valence electrons. The quantitative estimate of drug-likeness (QED) is 0.568. The molecule has 0 aliphatic carbocycles. The lowest BCUT2D eigenvalue weighted by atomic mass is 9.87. The van der Waals surface area contributed by atoms with E-state index in [4.69, 9.17) is 34.0 Å². The standard InChI is InChI=1S/C17H24N2O3.2C2HF3O2/c1-18(2)15-10-20-9-13-7-19(8-14(13)15)6-12-3-4-16-17(5-12)22-11-21-16;2*3-2(4,5)1(6)7/h3-5,13-15H,6-11H2,1-2H3;2*(H,6,7)/t13-,14-,15+;;/m0../s1. The smallest absolute Gasteiger partial charge is 0.475 e. The number of carboxylic acids is 2. The molecule has 0 saturated carbocycles. The van der Waals surface area contributed by atoms with E-state index in [2.05, 4.69) is 36.0 Å². The van der Waals surface area contributed by atoms with Gasteiger partial charge >= 0.3 is 24.3 Å². The van der Waals surface area contributed by atoms with Gasteiger partial charge in [-0.2, -0.15) is 26.3 Å². The third-order valence-corrected chi connectivity index (χ3v) is 5.67. The van der Waals surface area contributed by atoms with E-state index >= 15 is 0 Å². The maximum absolute atomic E-state index is 10.6. The molecule has 3 aliphatic rings. The third kappa shape index (κ3) is 8.41. The Kier molecular flexibility index (Phi) is 9.79. The third-order valence-electron chi connectivity index (χ3n) is 5.67. The number of carbonyl (C=O) groups is 2. The van der Waals surface area contributed by atoms with Gasteiger partial charge in [-0.3, -0.25) is 4.90 Å². The summed E-state index contributed by atoms with van der Waals surface area (Å²) in [5, 5.41) is 14.2. The molecule has 2 fully saturated rings. The van der Waals surface area contributed by atoms with E-state index < -0.39 is 24.3 Å². The molecule has 15 heteroatoms. The second-order valence-corrected chi connectivity index (χ2v) is 8.48. The Balaban J connectivity index is 0.000000271. The number of likely N-dealkylation sites (tertiary alicyclic amines) is 1. The molecule has 0 amide bonds. The summed E-state index contributed by atoms with van der Waals surface area (Å²) < 4.78 is 80.1. The molecule has 2 N–H and O–H groups in total. The van der Waals surface area contributed by atoms with Crippen molar-refractivity contribution in [2.24, 2.45) is 11.8 Å². The van der Waals surface area contributed by atoms with Gasteiger partial charge in [0, 0.05) is 31.6 Å². The molecule has 1 aromatic carbocycles. The van der Waals surface area contributed by atoms with Crippen LogP contribution in [-0.2, 0) is 20.9 Å². The number of likely N-dealkylation sites (N-methyl/N-ethyl adjacent to an activating group) is 1. The number of alkyl halides is 6. The zero-order valence-corrected chi connectivity index (χ0v) is 19.3. The fourth-order valence-corrected chi connectivity index (χ4v) is 4.02. The fourth-order valence-electron chi connectivity index (χ4n) is 4.02. The molecule has 2 saturated heterocycles. The van der Waals surface area contributed by atoms with Crippen LogP contribution in [0.5, 0.6) is 11.5 Å². The van der Waals surface area contributed by atoms with Crippen LogP contribution in [0.2, 0.25) is 0 Å². The molecule has 0 radical (unpaired) electrons. The highest BCUT2D eigenvalue weighted by Gasteiger charge is 2.42. The average Bonchev–Trinajstić information content (AvgIpc) is 3.38. The fraction of sp³-hybridized carbons (Fsp3) is 0.619. The topological polar surface area (TPSA) is 109 Å². The van der Waals surface area contributed by atoms with Crippen LogP contribution in [0.1, 0.15) is 5.56 Å². The van der Waals surface area contributed by atoms with Crippen LogP contribution in [0, 0.1) is 11.8 Å². The van der Waals surface area contributed by atoms with Gasteiger partial charge in [0.25, 0.3) is 0 Å². The van der Waals surface area contributed by atoms with E-state index in [0.29, 0.717) is 18.8 Å². The largest absolute Gasteiger partial charge is 0.490 e. The molecule has 0 aromatic heterocycles. The number of aliphatic carboxylic acids is 2. The van der Waals surface area contributed by atoms with Crippen LogP contribution in [0.25, 0.3) is 0 Å². The van der Waals surface area contributed by atoms with Crippen molar-refractivity contribution < 1.29 is 60.4 Å². The van der Waals surface area contributed by atoms with E-state index in [1.807, 2.05) is 6.07 Å². The molecular formula is C21H26F6N2O7. The van der Waals surface area contributed by atoms with Gasteiger partial charge in [-0.1, -0.05) is 6.07 Å². The number of carboxylic acid groups (broad SMARTS) is 2. The highest BCUT2D eigenvalue weighted by atomic mass is 19.4. The monoisotopic (exact) mass is 532 g/mol. The van der Waals surface area contributed by atoms with Crippen LogP contribution in [-0.4, -0.2) is 97.5 Å². The number of ether oxygens (including phenoxy) is 3. The number of fused-ring (bicyclic) bond motifs is 2. The molecule has 9 nitrogen and oxygen atoms in total. The number of nitrogens with zero attached hydrogens (tertiary/aromatic N) is 2. The Morgan fingerprint density at radius 2 is 1.53 bits per heavy atom. The van der Waals surface area contributed by atoms with E-state index in [0.717, 1.165) is 50.3 Å². The van der Waals surface area contributed by atoms with Crippen molar-refractivity contribution in [3.8, 4) is 11.5 Å². The predicted octanol–water partition coefficient (Wildman–Crippen LogP) is 2.69. The molecule has 1 aromatic rings. The summed E-state index contributed by atoms with van der Waals surface area (Å²) in [6.07, 6.45) is -10.2. The highest BCUT2D eigenvalue weighted by molar-refractivity contribution is 5.73. The van der Waals surface area contributed by atoms with Crippen molar-refractivity contribution in [1.29, 1.82) is 0 Å². The first kappa shape index (κ1) is 29.5. The van der Waals surface area contributed by atoms with Gasteiger partial charge in [0.2, 0.25) is 6.79 Å². The van der Waals surface area contributed by atoms with Crippen molar-refractivity contribution in [1.82, 2.24) is 9.80 Å². The van der Waals surface area contributed by atoms with E-state index in [9.17, 15) is 26.3 Å². The lowest BCUT2D eigenvalue weighted by Gasteiger charge is -2.37. The van der Waals surface area contributed by atoms with Crippen LogP contribution in [0.4, 0.5) is 26.3 Å². The lowest BCUT2D eigenvalue weighted by molar-refractivity contribution is -0.193. The van der Waals surface area contributed by atoms with Gasteiger partial charge in [-0.05, 0) is 37.7 Å². The number of halogens is 6. The van der Waals surface area contributed by atoms with Crippen LogP contribution >= 0.6 is 0 Å². The minimum atomic E-state index is -5.08. The van der Waals surface area contributed by atoms with Crippen molar-refractivity contribution in [2.45, 2.75) is 24.9 Å². The Morgan fingerprint density at radius 1 is 0.972 bits per heavy atom. The number of hydrogen-bond donors (Lipinski definition) is 2. The first-order valence-electron chi connectivity index (χ1n) is 10.5. The van der Waals surface area contributed by atoms with Gasteiger partial charge in [0.05, 0.1) is 13.2 Å². The Bertz CT molecular complexity index is 886. The Hall–Kier alpha value is -2.78. The van der Waals surface area contributed by atoms with Crippen molar-refractivity contribution in [3.63, 3.8) is 0 Å². The Morgan fingerprint density at radius 3 is 2.06 bits per heavy atom. The summed E-state index contributed by atoms with van der Waals surface area (Å²) in [6, 6.07) is 6.83. The van der Waals surface area contributed by atoms with E-state index in [-0.39, 0.29) is 0 Å².